The summed E-state index contributed by atoms with van der Waals surface area (Å²) < 4.78 is 5.21. The minimum Gasteiger partial charge on any atom is -0.478 e. The van der Waals surface area contributed by atoms with Crippen LogP contribution in [0.5, 0.6) is 5.75 Å². The highest BCUT2D eigenvalue weighted by atomic mass is 35.5. The Morgan fingerprint density at radius 3 is 2.33 bits per heavy atom. The van der Waals surface area contributed by atoms with Crippen LogP contribution < -0.4 is 4.74 Å². The molecule has 2 heteroatoms. The summed E-state index contributed by atoms with van der Waals surface area (Å²) in [6.45, 7) is 0. The molecule has 1 aromatic carbocycles. The van der Waals surface area contributed by atoms with Crippen LogP contribution in [0.1, 0.15) is 43.6 Å². The zero-order chi connectivity index (χ0) is 10.5. The third-order valence-electron chi connectivity index (χ3n) is 3.18. The van der Waals surface area contributed by atoms with Crippen molar-refractivity contribution < 1.29 is 4.74 Å². The molecule has 1 fully saturated rings. The fourth-order valence-electron chi connectivity index (χ4n) is 2.34. The van der Waals surface area contributed by atoms with Gasteiger partial charge in [0, 0.05) is 0 Å². The van der Waals surface area contributed by atoms with E-state index in [-0.39, 0.29) is 6.07 Å². The quantitative estimate of drug-likeness (QED) is 0.696. The van der Waals surface area contributed by atoms with Gasteiger partial charge in [0.25, 0.3) is 0 Å². The summed E-state index contributed by atoms with van der Waals surface area (Å²) in [7, 11) is 0. The van der Waals surface area contributed by atoms with Gasteiger partial charge in [0.1, 0.15) is 5.75 Å². The highest BCUT2D eigenvalue weighted by Crippen LogP contribution is 2.33. The molecule has 82 valence electrons. The summed E-state index contributed by atoms with van der Waals surface area (Å²) in [5.41, 5.74) is 1.46. The Labute approximate surface area is 96.4 Å². The molecule has 1 nitrogen and oxygen atoms in total. The van der Waals surface area contributed by atoms with Crippen LogP contribution in [0.25, 0.3) is 0 Å². The molecule has 0 heterocycles. The lowest BCUT2D eigenvalue weighted by Gasteiger charge is -2.21. The maximum atomic E-state index is 5.50. The second kappa shape index (κ2) is 5.41. The molecule has 0 aliphatic heterocycles. The van der Waals surface area contributed by atoms with Gasteiger partial charge in [-0.3, -0.25) is 0 Å². The van der Waals surface area contributed by atoms with Crippen molar-refractivity contribution in [1.29, 1.82) is 0 Å². The van der Waals surface area contributed by atoms with Crippen molar-refractivity contribution >= 4 is 11.6 Å². The standard InChI is InChI=1S/C13H17ClO/c14-10-15-13-8-6-12(7-9-13)11-4-2-1-3-5-11/h6-9,11H,1-5,10H2. The van der Waals surface area contributed by atoms with E-state index in [1.807, 2.05) is 12.1 Å². The zero-order valence-electron chi connectivity index (χ0n) is 8.92. The zero-order valence-corrected chi connectivity index (χ0v) is 9.67. The first-order chi connectivity index (χ1) is 7.40. The second-order valence-corrected chi connectivity index (χ2v) is 4.38. The van der Waals surface area contributed by atoms with Crippen molar-refractivity contribution in [3.63, 3.8) is 0 Å². The third kappa shape index (κ3) is 2.88. The molecule has 0 radical (unpaired) electrons. The van der Waals surface area contributed by atoms with Gasteiger partial charge in [0.2, 0.25) is 0 Å². The first kappa shape index (κ1) is 10.8. The molecule has 0 spiro atoms. The van der Waals surface area contributed by atoms with Crippen LogP contribution in [-0.4, -0.2) is 6.07 Å². The molecule has 15 heavy (non-hydrogen) atoms. The molecule has 0 aromatic heterocycles. The fraction of sp³-hybridized carbons (Fsp3) is 0.538. The van der Waals surface area contributed by atoms with E-state index in [0.29, 0.717) is 0 Å². The van der Waals surface area contributed by atoms with E-state index in [9.17, 15) is 0 Å². The van der Waals surface area contributed by atoms with E-state index in [4.69, 9.17) is 16.3 Å². The first-order valence-corrected chi connectivity index (χ1v) is 6.22. The van der Waals surface area contributed by atoms with Gasteiger partial charge in [-0.25, -0.2) is 0 Å². The third-order valence-corrected chi connectivity index (χ3v) is 3.29. The lowest BCUT2D eigenvalue weighted by atomic mass is 9.84. The number of alkyl halides is 1. The molecular weight excluding hydrogens is 208 g/mol. The molecule has 0 N–H and O–H groups in total. The first-order valence-electron chi connectivity index (χ1n) is 5.69. The van der Waals surface area contributed by atoms with Crippen LogP contribution in [0, 0.1) is 0 Å². The predicted molar refractivity (Wildman–Crippen MR) is 63.6 cm³/mol. The van der Waals surface area contributed by atoms with Crippen LogP contribution in [-0.2, 0) is 0 Å². The Morgan fingerprint density at radius 2 is 1.73 bits per heavy atom. The van der Waals surface area contributed by atoms with Crippen molar-refractivity contribution in [2.45, 2.75) is 38.0 Å². The van der Waals surface area contributed by atoms with Gasteiger partial charge < -0.3 is 4.74 Å². The Balaban J connectivity index is 2.02. The number of halogens is 1. The average Bonchev–Trinajstić information content (AvgIpc) is 2.32. The number of hydrogen-bond donors (Lipinski definition) is 0. The summed E-state index contributed by atoms with van der Waals surface area (Å²) in [6.07, 6.45) is 6.85. The normalized spacial score (nSPS) is 17.7. The summed E-state index contributed by atoms with van der Waals surface area (Å²) in [5, 5.41) is 0. The molecule has 1 aromatic rings. The largest absolute Gasteiger partial charge is 0.478 e. The molecule has 0 saturated heterocycles. The van der Waals surface area contributed by atoms with Crippen LogP contribution in [0.2, 0.25) is 0 Å². The van der Waals surface area contributed by atoms with Gasteiger partial charge in [-0.15, -0.1) is 0 Å². The molecule has 0 unspecified atom stereocenters. The van der Waals surface area contributed by atoms with Crippen molar-refractivity contribution in [3.05, 3.63) is 29.8 Å². The van der Waals surface area contributed by atoms with Crippen molar-refractivity contribution in [2.75, 3.05) is 6.07 Å². The van der Waals surface area contributed by atoms with E-state index in [2.05, 4.69) is 12.1 Å². The minimum atomic E-state index is 0.225. The number of hydrogen-bond acceptors (Lipinski definition) is 1. The molecule has 1 saturated carbocycles. The van der Waals surface area contributed by atoms with Gasteiger partial charge >= 0.3 is 0 Å². The predicted octanol–water partition coefficient (Wildman–Crippen LogP) is 4.31. The van der Waals surface area contributed by atoms with Crippen molar-refractivity contribution in [1.82, 2.24) is 0 Å². The SMILES string of the molecule is ClCOc1ccc(C2CCCCC2)cc1. The Morgan fingerprint density at radius 1 is 1.07 bits per heavy atom. The molecule has 0 amide bonds. The maximum absolute atomic E-state index is 5.50. The average molecular weight is 225 g/mol. The highest BCUT2D eigenvalue weighted by Gasteiger charge is 2.14. The smallest absolute Gasteiger partial charge is 0.162 e. The summed E-state index contributed by atoms with van der Waals surface area (Å²) in [4.78, 5) is 0. The van der Waals surface area contributed by atoms with Crippen LogP contribution in [0.4, 0.5) is 0 Å². The molecule has 1 aliphatic rings. The van der Waals surface area contributed by atoms with E-state index in [0.717, 1.165) is 11.7 Å². The molecule has 0 bridgehead atoms. The van der Waals surface area contributed by atoms with Crippen molar-refractivity contribution in [3.8, 4) is 5.75 Å². The Hall–Kier alpha value is -0.690. The Kier molecular flexibility index (Phi) is 3.90. The Bertz CT molecular complexity index is 288. The van der Waals surface area contributed by atoms with Gasteiger partial charge in [0.05, 0.1) is 0 Å². The molecule has 2 rings (SSSR count). The number of rotatable bonds is 3. The fourth-order valence-corrected chi connectivity index (χ4v) is 2.46. The minimum absolute atomic E-state index is 0.225. The number of ether oxygens (including phenoxy) is 1. The van der Waals surface area contributed by atoms with Crippen LogP contribution in [0.3, 0.4) is 0 Å². The van der Waals surface area contributed by atoms with E-state index < -0.39 is 0 Å². The monoisotopic (exact) mass is 224 g/mol. The van der Waals surface area contributed by atoms with Crippen LogP contribution in [0.15, 0.2) is 24.3 Å². The highest BCUT2D eigenvalue weighted by molar-refractivity contribution is 6.17. The van der Waals surface area contributed by atoms with E-state index in [1.165, 1.54) is 37.7 Å². The second-order valence-electron chi connectivity index (χ2n) is 4.16. The van der Waals surface area contributed by atoms with Crippen molar-refractivity contribution in [2.24, 2.45) is 0 Å². The maximum Gasteiger partial charge on any atom is 0.162 e. The van der Waals surface area contributed by atoms with Gasteiger partial charge in [-0.2, -0.15) is 0 Å². The molecule has 0 atom stereocenters. The molecular formula is C13H17ClO. The van der Waals surface area contributed by atoms with Gasteiger partial charge in [0.15, 0.2) is 6.07 Å². The summed E-state index contributed by atoms with van der Waals surface area (Å²) in [5.74, 6) is 1.63. The van der Waals surface area contributed by atoms with Crippen LogP contribution >= 0.6 is 11.6 Å². The van der Waals surface area contributed by atoms with E-state index >= 15 is 0 Å². The topological polar surface area (TPSA) is 9.23 Å². The number of benzene rings is 1. The summed E-state index contributed by atoms with van der Waals surface area (Å²) >= 11 is 5.50. The van der Waals surface area contributed by atoms with Gasteiger partial charge in [-0.05, 0) is 36.5 Å². The summed E-state index contributed by atoms with van der Waals surface area (Å²) in [6, 6.07) is 8.62. The molecule has 1 aliphatic carbocycles. The van der Waals surface area contributed by atoms with Gasteiger partial charge in [-0.1, -0.05) is 43.0 Å². The lowest BCUT2D eigenvalue weighted by molar-refractivity contribution is 0.387. The van der Waals surface area contributed by atoms with E-state index in [1.54, 1.807) is 0 Å². The lowest BCUT2D eigenvalue weighted by Crippen LogP contribution is -2.04.